The molecule has 0 spiro atoms. The Morgan fingerprint density at radius 3 is 2.75 bits per heavy atom. The Bertz CT molecular complexity index is 476. The molecule has 108 valence electrons. The van der Waals surface area contributed by atoms with Crippen molar-refractivity contribution in [3.8, 4) is 0 Å². The molecule has 2 nitrogen and oxygen atoms in total. The van der Waals surface area contributed by atoms with E-state index in [2.05, 4.69) is 42.8 Å². The van der Waals surface area contributed by atoms with E-state index in [-0.39, 0.29) is 0 Å². The van der Waals surface area contributed by atoms with Crippen molar-refractivity contribution >= 4 is 11.5 Å². The van der Waals surface area contributed by atoms with Gasteiger partial charge in [0.2, 0.25) is 0 Å². The van der Waals surface area contributed by atoms with Crippen LogP contribution in [0.2, 0.25) is 0 Å². The van der Waals surface area contributed by atoms with Crippen LogP contribution < -0.4 is 0 Å². The molecule has 0 aliphatic heterocycles. The first kappa shape index (κ1) is 16.4. The van der Waals surface area contributed by atoms with Gasteiger partial charge < -0.3 is 0 Å². The maximum Gasteiger partial charge on any atom is 0.117 e. The molecule has 0 aromatic rings. The molecule has 0 aromatic heterocycles. The summed E-state index contributed by atoms with van der Waals surface area (Å²) in [6, 6.07) is 0. The molecule has 20 heavy (non-hydrogen) atoms. The number of rotatable bonds is 6. The van der Waals surface area contributed by atoms with Crippen LogP contribution in [0.4, 0.5) is 0 Å². The van der Waals surface area contributed by atoms with E-state index in [0.717, 1.165) is 31.4 Å². The van der Waals surface area contributed by atoms with Crippen molar-refractivity contribution in [1.29, 1.82) is 5.41 Å². The monoisotopic (exact) mass is 270 g/mol. The van der Waals surface area contributed by atoms with Gasteiger partial charge in [0, 0.05) is 5.71 Å². The zero-order valence-corrected chi connectivity index (χ0v) is 12.9. The summed E-state index contributed by atoms with van der Waals surface area (Å²) in [4.78, 5) is 4.18. The predicted octanol–water partition coefficient (Wildman–Crippen LogP) is 5.25. The van der Waals surface area contributed by atoms with E-state index < -0.39 is 0 Å². The molecule has 0 unspecified atom stereocenters. The van der Waals surface area contributed by atoms with E-state index in [9.17, 15) is 0 Å². The van der Waals surface area contributed by atoms with Crippen molar-refractivity contribution in [2.75, 3.05) is 0 Å². The van der Waals surface area contributed by atoms with Crippen LogP contribution in [0, 0.1) is 11.3 Å². The summed E-state index contributed by atoms with van der Waals surface area (Å²) < 4.78 is 0. The summed E-state index contributed by atoms with van der Waals surface area (Å²) in [6.45, 7) is 9.77. The quantitative estimate of drug-likeness (QED) is 0.389. The van der Waals surface area contributed by atoms with E-state index in [1.54, 1.807) is 6.92 Å². The summed E-state index contributed by atoms with van der Waals surface area (Å²) in [7, 11) is 0. The standard InChI is InChI=1S/C18H26N2/c1-5-6-17(12-9-15(3)20-16(4)19)13-18-10-7-14(2)8-11-18/h5,7,10-11,13-14,19H,1,6,8-9,12H2,2-4H3/b17-13+,19-16?,20-15+/t14-/m0/s1. The fourth-order valence-corrected chi connectivity index (χ4v) is 2.19. The number of amidine groups is 1. The molecule has 0 saturated heterocycles. The second-order valence-electron chi connectivity index (χ2n) is 5.50. The van der Waals surface area contributed by atoms with Gasteiger partial charge in [0.15, 0.2) is 0 Å². The molecular formula is C18H26N2. The van der Waals surface area contributed by atoms with Gasteiger partial charge in [0.25, 0.3) is 0 Å². The summed E-state index contributed by atoms with van der Waals surface area (Å²) in [6.07, 6.45) is 14.9. The van der Waals surface area contributed by atoms with Gasteiger partial charge in [-0.15, -0.1) is 6.58 Å². The van der Waals surface area contributed by atoms with Crippen molar-refractivity contribution in [2.24, 2.45) is 10.9 Å². The van der Waals surface area contributed by atoms with Crippen molar-refractivity contribution in [3.63, 3.8) is 0 Å². The van der Waals surface area contributed by atoms with Crippen LogP contribution in [0.5, 0.6) is 0 Å². The third-order valence-corrected chi connectivity index (χ3v) is 3.29. The SMILES string of the molecule is C=CC/C(=C\C1=CC[C@@H](C)C=C1)CC/C(C)=N/C(C)=N. The van der Waals surface area contributed by atoms with Gasteiger partial charge in [-0.25, -0.2) is 4.99 Å². The number of aliphatic imine (C=N–C) groups is 1. The van der Waals surface area contributed by atoms with E-state index in [1.165, 1.54) is 11.1 Å². The molecule has 1 atom stereocenters. The van der Waals surface area contributed by atoms with Crippen LogP contribution in [0.15, 0.2) is 53.1 Å². The highest BCUT2D eigenvalue weighted by Crippen LogP contribution is 2.20. The fourth-order valence-electron chi connectivity index (χ4n) is 2.19. The number of nitrogens with zero attached hydrogens (tertiary/aromatic N) is 1. The Morgan fingerprint density at radius 1 is 1.45 bits per heavy atom. The van der Waals surface area contributed by atoms with Crippen LogP contribution in [0.3, 0.4) is 0 Å². The largest absolute Gasteiger partial charge is 0.287 e. The van der Waals surface area contributed by atoms with Crippen molar-refractivity contribution in [3.05, 3.63) is 48.1 Å². The number of hydrogen-bond acceptors (Lipinski definition) is 1. The molecule has 0 radical (unpaired) electrons. The van der Waals surface area contributed by atoms with E-state index in [4.69, 9.17) is 5.41 Å². The first-order valence-electron chi connectivity index (χ1n) is 7.29. The lowest BCUT2D eigenvalue weighted by Gasteiger charge is -2.11. The molecule has 0 saturated carbocycles. The van der Waals surface area contributed by atoms with Gasteiger partial charge >= 0.3 is 0 Å². The molecule has 1 aliphatic rings. The van der Waals surface area contributed by atoms with Gasteiger partial charge in [-0.3, -0.25) is 5.41 Å². The Morgan fingerprint density at radius 2 is 2.20 bits per heavy atom. The first-order valence-corrected chi connectivity index (χ1v) is 7.29. The Hall–Kier alpha value is -1.70. The van der Waals surface area contributed by atoms with E-state index in [1.807, 2.05) is 13.0 Å². The third-order valence-electron chi connectivity index (χ3n) is 3.29. The zero-order valence-electron chi connectivity index (χ0n) is 12.9. The Kier molecular flexibility index (Phi) is 6.92. The minimum atomic E-state index is 0.378. The lowest BCUT2D eigenvalue weighted by molar-refractivity contribution is 0.733. The average Bonchev–Trinajstić information content (AvgIpc) is 2.38. The fraction of sp³-hybridized carbons (Fsp3) is 0.444. The maximum absolute atomic E-state index is 7.38. The van der Waals surface area contributed by atoms with Crippen molar-refractivity contribution in [2.45, 2.75) is 46.5 Å². The molecule has 0 aromatic carbocycles. The minimum absolute atomic E-state index is 0.378. The topological polar surface area (TPSA) is 36.2 Å². The molecular weight excluding hydrogens is 244 g/mol. The van der Waals surface area contributed by atoms with Crippen LogP contribution in [-0.2, 0) is 0 Å². The Labute approximate surface area is 123 Å². The van der Waals surface area contributed by atoms with Gasteiger partial charge in [-0.1, -0.05) is 42.9 Å². The van der Waals surface area contributed by atoms with Gasteiger partial charge in [-0.2, -0.15) is 0 Å². The van der Waals surface area contributed by atoms with Crippen molar-refractivity contribution in [1.82, 2.24) is 0 Å². The molecule has 0 heterocycles. The maximum atomic E-state index is 7.38. The van der Waals surface area contributed by atoms with Crippen LogP contribution >= 0.6 is 0 Å². The smallest absolute Gasteiger partial charge is 0.117 e. The molecule has 2 heteroatoms. The molecule has 0 bridgehead atoms. The third kappa shape index (κ3) is 6.46. The lowest BCUT2D eigenvalue weighted by atomic mass is 9.95. The second kappa shape index (κ2) is 8.47. The second-order valence-corrected chi connectivity index (χ2v) is 5.50. The molecule has 0 fully saturated rings. The first-order chi connectivity index (χ1) is 9.51. The van der Waals surface area contributed by atoms with E-state index in [0.29, 0.717) is 11.8 Å². The summed E-state index contributed by atoms with van der Waals surface area (Å²) in [5.74, 6) is 1.03. The Balaban J connectivity index is 2.67. The highest BCUT2D eigenvalue weighted by atomic mass is 14.8. The minimum Gasteiger partial charge on any atom is -0.287 e. The number of allylic oxidation sites excluding steroid dienone is 7. The molecule has 0 amide bonds. The van der Waals surface area contributed by atoms with Crippen molar-refractivity contribution < 1.29 is 0 Å². The van der Waals surface area contributed by atoms with Gasteiger partial charge in [0.05, 0.1) is 0 Å². The van der Waals surface area contributed by atoms with E-state index >= 15 is 0 Å². The highest BCUT2D eigenvalue weighted by Gasteiger charge is 2.04. The zero-order chi connectivity index (χ0) is 15.0. The van der Waals surface area contributed by atoms with Crippen LogP contribution in [-0.4, -0.2) is 11.5 Å². The lowest BCUT2D eigenvalue weighted by Crippen LogP contribution is -1.98. The average molecular weight is 270 g/mol. The summed E-state index contributed by atoms with van der Waals surface area (Å²) >= 11 is 0. The predicted molar refractivity (Wildman–Crippen MR) is 89.6 cm³/mol. The number of hydrogen-bond donors (Lipinski definition) is 1. The summed E-state index contributed by atoms with van der Waals surface area (Å²) in [5, 5.41) is 7.38. The van der Waals surface area contributed by atoms with Gasteiger partial charge in [-0.05, 0) is 51.0 Å². The number of nitrogens with one attached hydrogen (secondary N) is 1. The van der Waals surface area contributed by atoms with Crippen LogP contribution in [0.25, 0.3) is 0 Å². The molecule has 1 rings (SSSR count). The normalized spacial score (nSPS) is 19.8. The summed E-state index contributed by atoms with van der Waals surface area (Å²) in [5.41, 5.74) is 3.70. The van der Waals surface area contributed by atoms with Crippen LogP contribution in [0.1, 0.15) is 46.5 Å². The van der Waals surface area contributed by atoms with Gasteiger partial charge in [0.1, 0.15) is 5.84 Å². The molecule has 1 aliphatic carbocycles. The highest BCUT2D eigenvalue weighted by molar-refractivity contribution is 5.94. The molecule has 1 N–H and O–H groups in total.